The molecule has 1 aromatic carbocycles. The molecule has 1 aliphatic heterocycles. The first kappa shape index (κ1) is 16.7. The Hall–Kier alpha value is -1.13. The Bertz CT molecular complexity index is 595. The molecule has 6 heteroatoms. The van der Waals surface area contributed by atoms with E-state index < -0.39 is 11.3 Å². The van der Waals surface area contributed by atoms with Gasteiger partial charge in [-0.25, -0.2) is 0 Å². The van der Waals surface area contributed by atoms with Gasteiger partial charge in [-0.15, -0.1) is 0 Å². The summed E-state index contributed by atoms with van der Waals surface area (Å²) in [6.07, 6.45) is 1.49. The molecule has 1 heterocycles. The van der Waals surface area contributed by atoms with Crippen LogP contribution in [0.1, 0.15) is 24.8 Å². The van der Waals surface area contributed by atoms with Crippen LogP contribution in [0.25, 0.3) is 0 Å². The number of ether oxygens (including phenoxy) is 2. The summed E-state index contributed by atoms with van der Waals surface area (Å²) in [7, 11) is 18.1. The van der Waals surface area contributed by atoms with Gasteiger partial charge in [0, 0.05) is 11.5 Å². The molecule has 3 atom stereocenters. The number of hydrogen-bond donors (Lipinski definition) is 1. The largest absolute Gasteiger partial charge is 0.493 e. The van der Waals surface area contributed by atoms with Gasteiger partial charge in [-0.05, 0) is 50.6 Å². The summed E-state index contributed by atoms with van der Waals surface area (Å²) in [4.78, 5) is 2.22. The van der Waals surface area contributed by atoms with Crippen LogP contribution < -0.4 is 9.47 Å². The molecule has 2 fully saturated rings. The predicted molar refractivity (Wildman–Crippen MR) is 91.7 cm³/mol. The zero-order valence-electron chi connectivity index (χ0n) is 14.1. The molecule has 23 heavy (non-hydrogen) atoms. The van der Waals surface area contributed by atoms with Gasteiger partial charge >= 0.3 is 0 Å². The lowest BCUT2D eigenvalue weighted by Gasteiger charge is -2.53. The van der Waals surface area contributed by atoms with Crippen LogP contribution in [0.4, 0.5) is 0 Å². The fourth-order valence-electron chi connectivity index (χ4n) is 4.78. The molecule has 1 N–H and O–H groups in total. The van der Waals surface area contributed by atoms with Crippen LogP contribution in [0, 0.1) is 0 Å². The van der Waals surface area contributed by atoms with Crippen molar-refractivity contribution < 1.29 is 14.6 Å². The van der Waals surface area contributed by atoms with Gasteiger partial charge in [0.15, 0.2) is 11.5 Å². The second kappa shape index (κ2) is 5.75. The topological polar surface area (TPSA) is 41.9 Å². The van der Waals surface area contributed by atoms with Gasteiger partial charge in [-0.1, -0.05) is 11.3 Å². The SMILES string of the molecule is [B]C1([B])CC(O)C[C@@]2(c3ccc(OC)c(OC)c3)CCN(C)C12. The van der Waals surface area contributed by atoms with Gasteiger partial charge in [0.25, 0.3) is 0 Å². The molecule has 1 saturated heterocycles. The highest BCUT2D eigenvalue weighted by Gasteiger charge is 2.56. The minimum Gasteiger partial charge on any atom is -0.493 e. The number of likely N-dealkylation sites (N-methyl/N-ethyl adjacent to an activating group) is 1. The van der Waals surface area contributed by atoms with Gasteiger partial charge in [-0.3, -0.25) is 0 Å². The maximum Gasteiger partial charge on any atom is 0.161 e. The Kier molecular flexibility index (Phi) is 4.18. The van der Waals surface area contributed by atoms with Crippen molar-refractivity contribution in [2.45, 2.75) is 42.0 Å². The third-order valence-corrected chi connectivity index (χ3v) is 5.53. The molecule has 0 amide bonds. The van der Waals surface area contributed by atoms with Crippen molar-refractivity contribution in [3.63, 3.8) is 0 Å². The number of benzene rings is 1. The minimum absolute atomic E-state index is 0.0171. The summed E-state index contributed by atoms with van der Waals surface area (Å²) in [6, 6.07) is 5.94. The third-order valence-electron chi connectivity index (χ3n) is 5.53. The van der Waals surface area contributed by atoms with Crippen molar-refractivity contribution in [1.82, 2.24) is 4.90 Å². The smallest absolute Gasteiger partial charge is 0.161 e. The lowest BCUT2D eigenvalue weighted by atomic mass is 9.40. The highest BCUT2D eigenvalue weighted by molar-refractivity contribution is 6.40. The predicted octanol–water partition coefficient (Wildman–Crippen LogP) is 1.25. The average molecular weight is 311 g/mol. The molecule has 3 rings (SSSR count). The molecule has 2 unspecified atom stereocenters. The van der Waals surface area contributed by atoms with Crippen molar-refractivity contribution >= 4 is 15.7 Å². The Labute approximate surface area is 141 Å². The van der Waals surface area contributed by atoms with E-state index in [1.54, 1.807) is 14.2 Å². The summed E-state index contributed by atoms with van der Waals surface area (Å²) >= 11 is 0. The molecule has 4 radical (unpaired) electrons. The first-order valence-corrected chi connectivity index (χ1v) is 8.02. The summed E-state index contributed by atoms with van der Waals surface area (Å²) in [6.45, 7) is 0.905. The van der Waals surface area contributed by atoms with Crippen molar-refractivity contribution in [3.8, 4) is 11.5 Å². The molecule has 0 spiro atoms. The minimum atomic E-state index is -0.921. The first-order valence-electron chi connectivity index (χ1n) is 8.02. The summed E-state index contributed by atoms with van der Waals surface area (Å²) in [5.41, 5.74) is 0.832. The molecule has 0 aromatic heterocycles. The maximum absolute atomic E-state index is 10.4. The van der Waals surface area contributed by atoms with Crippen molar-refractivity contribution in [2.75, 3.05) is 27.8 Å². The highest BCUT2D eigenvalue weighted by Crippen LogP contribution is 2.56. The quantitative estimate of drug-likeness (QED) is 0.853. The Morgan fingerprint density at radius 3 is 2.52 bits per heavy atom. The van der Waals surface area contributed by atoms with Crippen LogP contribution in [0.2, 0.25) is 5.21 Å². The lowest BCUT2D eigenvalue weighted by Crippen LogP contribution is -2.56. The van der Waals surface area contributed by atoms with Gasteiger partial charge < -0.3 is 19.5 Å². The van der Waals surface area contributed by atoms with E-state index in [0.29, 0.717) is 24.3 Å². The second-order valence-corrected chi connectivity index (χ2v) is 7.03. The molecule has 0 bridgehead atoms. The number of likely N-dealkylation sites (tertiary alicyclic amines) is 1. The van der Waals surface area contributed by atoms with E-state index in [2.05, 4.69) is 11.9 Å². The van der Waals surface area contributed by atoms with Crippen LogP contribution in [-0.2, 0) is 5.41 Å². The molecule has 2 aliphatic rings. The summed E-state index contributed by atoms with van der Waals surface area (Å²) in [5.74, 6) is 1.38. The number of hydrogen-bond acceptors (Lipinski definition) is 4. The molecular formula is C17H23B2NO3. The number of nitrogens with zero attached hydrogens (tertiary/aromatic N) is 1. The highest BCUT2D eigenvalue weighted by atomic mass is 16.5. The maximum atomic E-state index is 10.4. The monoisotopic (exact) mass is 311 g/mol. The van der Waals surface area contributed by atoms with E-state index in [1.165, 1.54) is 0 Å². The van der Waals surface area contributed by atoms with Gasteiger partial charge in [-0.2, -0.15) is 0 Å². The normalized spacial score (nSPS) is 33.2. The van der Waals surface area contributed by atoms with Crippen LogP contribution in [0.15, 0.2) is 18.2 Å². The number of methoxy groups -OCH3 is 2. The van der Waals surface area contributed by atoms with E-state index in [9.17, 15) is 5.11 Å². The van der Waals surface area contributed by atoms with E-state index in [-0.39, 0.29) is 11.5 Å². The Morgan fingerprint density at radius 1 is 1.17 bits per heavy atom. The van der Waals surface area contributed by atoms with E-state index in [1.807, 2.05) is 18.2 Å². The fourth-order valence-corrected chi connectivity index (χ4v) is 4.78. The van der Waals surface area contributed by atoms with Crippen LogP contribution in [0.3, 0.4) is 0 Å². The molecular weight excluding hydrogens is 288 g/mol. The number of aliphatic hydroxyl groups is 1. The molecule has 120 valence electrons. The van der Waals surface area contributed by atoms with Crippen LogP contribution >= 0.6 is 0 Å². The Balaban J connectivity index is 2.11. The molecule has 1 aromatic rings. The lowest BCUT2D eigenvalue weighted by molar-refractivity contribution is 0.0477. The summed E-state index contributed by atoms with van der Waals surface area (Å²) in [5, 5.41) is 9.48. The fraction of sp³-hybridized carbons (Fsp3) is 0.647. The van der Waals surface area contributed by atoms with E-state index >= 15 is 0 Å². The molecule has 1 saturated carbocycles. The number of fused-ring (bicyclic) bond motifs is 1. The van der Waals surface area contributed by atoms with Gasteiger partial charge in [0.05, 0.1) is 36.0 Å². The summed E-state index contributed by atoms with van der Waals surface area (Å²) < 4.78 is 10.8. The molecule has 1 aliphatic carbocycles. The van der Waals surface area contributed by atoms with Gasteiger partial charge in [0.1, 0.15) is 0 Å². The zero-order chi connectivity index (χ0) is 16.8. The van der Waals surface area contributed by atoms with Crippen molar-refractivity contribution in [1.29, 1.82) is 0 Å². The van der Waals surface area contributed by atoms with Crippen LogP contribution in [0.5, 0.6) is 11.5 Å². The van der Waals surface area contributed by atoms with Crippen molar-refractivity contribution in [2.24, 2.45) is 0 Å². The second-order valence-electron chi connectivity index (χ2n) is 7.03. The Morgan fingerprint density at radius 2 is 1.87 bits per heavy atom. The standard InChI is InChI=1S/C17H23B2NO3/c1-20-7-6-16(9-12(21)10-17(18,19)15(16)20)11-4-5-13(22-2)14(8-11)23-3/h4-5,8,12,15,21H,6-7,9-10H2,1-3H3/t12?,15?,16-/m1/s1. The average Bonchev–Trinajstić information content (AvgIpc) is 2.84. The van der Waals surface area contributed by atoms with Gasteiger partial charge in [0.2, 0.25) is 0 Å². The van der Waals surface area contributed by atoms with Crippen LogP contribution in [-0.4, -0.2) is 65.7 Å². The first-order chi connectivity index (χ1) is 10.8. The van der Waals surface area contributed by atoms with E-state index in [4.69, 9.17) is 25.2 Å². The third kappa shape index (κ3) is 2.56. The number of aliphatic hydroxyl groups excluding tert-OH is 1. The van der Waals surface area contributed by atoms with E-state index in [0.717, 1.165) is 18.5 Å². The number of rotatable bonds is 3. The van der Waals surface area contributed by atoms with Crippen molar-refractivity contribution in [3.05, 3.63) is 23.8 Å². The zero-order valence-corrected chi connectivity index (χ0v) is 14.1. The molecule has 4 nitrogen and oxygen atoms in total.